The van der Waals surface area contributed by atoms with Gasteiger partial charge in [-0.3, -0.25) is 5.41 Å². The molecule has 1 saturated heterocycles. The van der Waals surface area contributed by atoms with E-state index in [0.29, 0.717) is 22.9 Å². The predicted molar refractivity (Wildman–Crippen MR) is 132 cm³/mol. The third-order valence-electron chi connectivity index (χ3n) is 5.29. The van der Waals surface area contributed by atoms with Crippen LogP contribution in [0.4, 0.5) is 11.6 Å². The lowest BCUT2D eigenvalue weighted by Crippen LogP contribution is -2.39. The zero-order chi connectivity index (χ0) is 22.3. The zero-order valence-corrected chi connectivity index (χ0v) is 18.9. The second-order valence-corrected chi connectivity index (χ2v) is 8.94. The number of nitrogen functional groups attached to an aromatic ring is 1. The van der Waals surface area contributed by atoms with Gasteiger partial charge in [0.05, 0.1) is 11.3 Å². The van der Waals surface area contributed by atoms with E-state index in [1.54, 1.807) is 0 Å². The van der Waals surface area contributed by atoms with Gasteiger partial charge in [0.25, 0.3) is 0 Å². The standard InChI is InChI=1S/C24H28N6OS/c1-2-32-30-14-6-7-18(15-30)29-24-21(23(26)27-16-28-24)22(25)17-10-12-20(13-11-17)31-19-8-4-3-5-9-19/h3-5,8-13,16,18,25H,2,6-7,14-15H2,1H3,(H3,26,27,28,29). The smallest absolute Gasteiger partial charge is 0.141 e. The first-order chi connectivity index (χ1) is 15.6. The van der Waals surface area contributed by atoms with Crippen LogP contribution in [-0.4, -0.2) is 44.9 Å². The molecule has 8 heteroatoms. The van der Waals surface area contributed by atoms with E-state index in [2.05, 4.69) is 26.5 Å². The number of nitrogens with one attached hydrogen (secondary N) is 2. The molecule has 0 aliphatic carbocycles. The first-order valence-corrected chi connectivity index (χ1v) is 11.8. The summed E-state index contributed by atoms with van der Waals surface area (Å²) in [6.07, 6.45) is 3.64. The van der Waals surface area contributed by atoms with Gasteiger partial charge < -0.3 is 15.8 Å². The summed E-state index contributed by atoms with van der Waals surface area (Å²) in [7, 11) is 0. The van der Waals surface area contributed by atoms with Crippen molar-refractivity contribution in [1.29, 1.82) is 5.41 Å². The summed E-state index contributed by atoms with van der Waals surface area (Å²) >= 11 is 1.86. The SMILES string of the molecule is CCSN1CCCC(Nc2ncnc(N)c2C(=N)c2ccc(Oc3ccccc3)cc2)C1. The monoisotopic (exact) mass is 448 g/mol. The van der Waals surface area contributed by atoms with Crippen LogP contribution in [0.15, 0.2) is 60.9 Å². The highest BCUT2D eigenvalue weighted by Crippen LogP contribution is 2.27. The minimum Gasteiger partial charge on any atom is -0.457 e. The van der Waals surface area contributed by atoms with Crippen LogP contribution in [0.25, 0.3) is 0 Å². The van der Waals surface area contributed by atoms with Crippen LogP contribution >= 0.6 is 11.9 Å². The van der Waals surface area contributed by atoms with Crippen LogP contribution in [0.3, 0.4) is 0 Å². The number of piperidine rings is 1. The molecule has 1 unspecified atom stereocenters. The summed E-state index contributed by atoms with van der Waals surface area (Å²) in [6.45, 7) is 4.20. The van der Waals surface area contributed by atoms with Crippen LogP contribution in [-0.2, 0) is 0 Å². The van der Waals surface area contributed by atoms with Gasteiger partial charge in [-0.05, 0) is 49.2 Å². The summed E-state index contributed by atoms with van der Waals surface area (Å²) in [5.74, 6) is 3.45. The number of aromatic nitrogens is 2. The number of nitrogens with zero attached hydrogens (tertiary/aromatic N) is 3. The molecular weight excluding hydrogens is 420 g/mol. The highest BCUT2D eigenvalue weighted by Gasteiger charge is 2.23. The minimum atomic E-state index is 0.255. The van der Waals surface area contributed by atoms with Crippen molar-refractivity contribution in [3.8, 4) is 11.5 Å². The maximum Gasteiger partial charge on any atom is 0.141 e. The van der Waals surface area contributed by atoms with Crippen molar-refractivity contribution in [2.75, 3.05) is 29.9 Å². The van der Waals surface area contributed by atoms with Gasteiger partial charge in [0.2, 0.25) is 0 Å². The quantitative estimate of drug-likeness (QED) is 0.336. The van der Waals surface area contributed by atoms with Gasteiger partial charge in [-0.1, -0.05) is 37.1 Å². The maximum atomic E-state index is 8.81. The first kappa shape index (κ1) is 22.1. The lowest BCUT2D eigenvalue weighted by molar-refractivity contribution is 0.356. The molecule has 1 aliphatic rings. The molecule has 0 bridgehead atoms. The molecule has 4 N–H and O–H groups in total. The Labute approximate surface area is 193 Å². The molecule has 0 saturated carbocycles. The van der Waals surface area contributed by atoms with Crippen molar-refractivity contribution in [3.63, 3.8) is 0 Å². The number of para-hydroxylation sites is 1. The third-order valence-corrected chi connectivity index (χ3v) is 6.24. The molecule has 1 aromatic heterocycles. The number of hydrogen-bond donors (Lipinski definition) is 3. The van der Waals surface area contributed by atoms with E-state index in [1.165, 1.54) is 6.33 Å². The van der Waals surface area contributed by atoms with Crippen LogP contribution in [0.1, 0.15) is 30.9 Å². The summed E-state index contributed by atoms with van der Waals surface area (Å²) in [5.41, 5.74) is 7.74. The molecule has 3 aromatic rings. The number of ether oxygens (including phenoxy) is 1. The number of benzene rings is 2. The van der Waals surface area contributed by atoms with Crippen molar-refractivity contribution in [1.82, 2.24) is 14.3 Å². The van der Waals surface area contributed by atoms with Crippen molar-refractivity contribution in [3.05, 3.63) is 72.1 Å². The molecule has 32 heavy (non-hydrogen) atoms. The fourth-order valence-corrected chi connectivity index (χ4v) is 4.68. The van der Waals surface area contributed by atoms with Crippen molar-refractivity contribution in [2.24, 2.45) is 0 Å². The Balaban J connectivity index is 1.51. The second-order valence-electron chi connectivity index (χ2n) is 7.59. The lowest BCUT2D eigenvalue weighted by atomic mass is 10.0. The molecule has 1 aliphatic heterocycles. The largest absolute Gasteiger partial charge is 0.457 e. The maximum absolute atomic E-state index is 8.81. The normalized spacial score (nSPS) is 16.5. The van der Waals surface area contributed by atoms with Crippen LogP contribution < -0.4 is 15.8 Å². The number of nitrogens with two attached hydrogens (primary N) is 1. The Hall–Kier alpha value is -3.10. The first-order valence-electron chi connectivity index (χ1n) is 10.8. The minimum absolute atomic E-state index is 0.255. The number of anilines is 2. The van der Waals surface area contributed by atoms with Crippen molar-refractivity contribution >= 4 is 29.3 Å². The number of hydrogen-bond acceptors (Lipinski definition) is 8. The molecule has 0 spiro atoms. The van der Waals surface area contributed by atoms with E-state index >= 15 is 0 Å². The van der Waals surface area contributed by atoms with Gasteiger partial charge in [-0.2, -0.15) is 0 Å². The van der Waals surface area contributed by atoms with E-state index in [-0.39, 0.29) is 11.8 Å². The summed E-state index contributed by atoms with van der Waals surface area (Å²) < 4.78 is 8.25. The van der Waals surface area contributed by atoms with Crippen LogP contribution in [0.5, 0.6) is 11.5 Å². The molecule has 0 amide bonds. The van der Waals surface area contributed by atoms with Crippen LogP contribution in [0.2, 0.25) is 0 Å². The van der Waals surface area contributed by atoms with Gasteiger partial charge in [0, 0.05) is 30.4 Å². The van der Waals surface area contributed by atoms with Crippen LogP contribution in [0, 0.1) is 5.41 Å². The van der Waals surface area contributed by atoms with Gasteiger partial charge in [-0.15, -0.1) is 0 Å². The van der Waals surface area contributed by atoms with Gasteiger partial charge in [0.1, 0.15) is 29.5 Å². The van der Waals surface area contributed by atoms with Gasteiger partial charge in [-0.25, -0.2) is 14.3 Å². The Bertz CT molecular complexity index is 1040. The zero-order valence-electron chi connectivity index (χ0n) is 18.1. The second kappa shape index (κ2) is 10.5. The Morgan fingerprint density at radius 3 is 2.66 bits per heavy atom. The summed E-state index contributed by atoms with van der Waals surface area (Å²) in [6, 6.07) is 17.3. The van der Waals surface area contributed by atoms with E-state index < -0.39 is 0 Å². The molecule has 7 nitrogen and oxygen atoms in total. The highest BCUT2D eigenvalue weighted by molar-refractivity contribution is 7.96. The average Bonchev–Trinajstić information content (AvgIpc) is 2.81. The molecule has 2 heterocycles. The average molecular weight is 449 g/mol. The van der Waals surface area contributed by atoms with Gasteiger partial charge >= 0.3 is 0 Å². The van der Waals surface area contributed by atoms with E-state index in [0.717, 1.165) is 43.0 Å². The van der Waals surface area contributed by atoms with E-state index in [1.807, 2.05) is 66.5 Å². The predicted octanol–water partition coefficient (Wildman–Crippen LogP) is 4.81. The molecule has 2 aromatic carbocycles. The molecular formula is C24H28N6OS. The molecule has 4 rings (SSSR count). The van der Waals surface area contributed by atoms with Crippen molar-refractivity contribution < 1.29 is 4.74 Å². The fourth-order valence-electron chi connectivity index (χ4n) is 3.77. The molecule has 1 atom stereocenters. The lowest BCUT2D eigenvalue weighted by Gasteiger charge is -2.32. The summed E-state index contributed by atoms with van der Waals surface area (Å²) in [4.78, 5) is 8.58. The number of rotatable bonds is 8. The van der Waals surface area contributed by atoms with Crippen molar-refractivity contribution in [2.45, 2.75) is 25.8 Å². The van der Waals surface area contributed by atoms with E-state index in [9.17, 15) is 0 Å². The topological polar surface area (TPSA) is 100 Å². The Morgan fingerprint density at radius 2 is 1.91 bits per heavy atom. The third kappa shape index (κ3) is 5.38. The summed E-state index contributed by atoms with van der Waals surface area (Å²) in [5, 5.41) is 12.3. The highest BCUT2D eigenvalue weighted by atomic mass is 32.2. The Morgan fingerprint density at radius 1 is 1.16 bits per heavy atom. The Kier molecular flexibility index (Phi) is 7.24. The molecule has 0 radical (unpaired) electrons. The molecule has 166 valence electrons. The van der Waals surface area contributed by atoms with E-state index in [4.69, 9.17) is 15.9 Å². The molecule has 1 fully saturated rings. The van der Waals surface area contributed by atoms with Gasteiger partial charge in [0.15, 0.2) is 0 Å². The fraction of sp³-hybridized carbons (Fsp3) is 0.292.